The molecule has 0 spiro atoms. The average Bonchev–Trinajstić information content (AvgIpc) is 3.16. The molecular weight excluding hydrogens is 381 g/mol. The number of hydrogen-bond acceptors (Lipinski definition) is 3. The first kappa shape index (κ1) is 20.5. The van der Waals surface area contributed by atoms with Crippen molar-refractivity contribution in [2.24, 2.45) is 0 Å². The topological polar surface area (TPSA) is 56.2 Å². The number of fused-ring (bicyclic) bond motifs is 1. The maximum atomic E-state index is 13.9. The lowest BCUT2D eigenvalue weighted by Gasteiger charge is -2.38. The van der Waals surface area contributed by atoms with E-state index in [9.17, 15) is 9.18 Å². The summed E-state index contributed by atoms with van der Waals surface area (Å²) >= 11 is 0. The molecule has 1 aliphatic heterocycles. The molecule has 1 N–H and O–H groups in total. The zero-order valence-corrected chi connectivity index (χ0v) is 17.5. The first-order valence-corrected chi connectivity index (χ1v) is 10.6. The third-order valence-corrected chi connectivity index (χ3v) is 6.24. The van der Waals surface area contributed by atoms with E-state index in [0.29, 0.717) is 19.8 Å². The van der Waals surface area contributed by atoms with E-state index in [1.165, 1.54) is 6.07 Å². The largest absolute Gasteiger partial charge is 0.381 e. The van der Waals surface area contributed by atoms with Gasteiger partial charge in [-0.1, -0.05) is 31.2 Å². The summed E-state index contributed by atoms with van der Waals surface area (Å²) in [6.45, 7) is 5.62. The summed E-state index contributed by atoms with van der Waals surface area (Å²) in [6, 6.07) is 14.2. The van der Waals surface area contributed by atoms with Crippen molar-refractivity contribution >= 4 is 16.9 Å². The molecule has 1 atom stereocenters. The van der Waals surface area contributed by atoms with E-state index in [2.05, 4.69) is 10.3 Å². The summed E-state index contributed by atoms with van der Waals surface area (Å²) in [4.78, 5) is 17.9. The highest BCUT2D eigenvalue weighted by Gasteiger charge is 2.35. The predicted octanol–water partition coefficient (Wildman–Crippen LogP) is 4.16. The Morgan fingerprint density at radius 3 is 2.73 bits per heavy atom. The van der Waals surface area contributed by atoms with Gasteiger partial charge in [-0.05, 0) is 49.6 Å². The van der Waals surface area contributed by atoms with Gasteiger partial charge >= 0.3 is 0 Å². The van der Waals surface area contributed by atoms with Gasteiger partial charge in [-0.3, -0.25) is 4.79 Å². The van der Waals surface area contributed by atoms with Gasteiger partial charge in [0.1, 0.15) is 17.7 Å². The van der Waals surface area contributed by atoms with Crippen LogP contribution in [0, 0.1) is 5.82 Å². The molecule has 0 bridgehead atoms. The molecular formula is C24H28FN3O2. The first-order valence-electron chi connectivity index (χ1n) is 10.6. The fourth-order valence-corrected chi connectivity index (χ4v) is 4.45. The fraction of sp³-hybridized carbons (Fsp3) is 0.417. The Kier molecular flexibility index (Phi) is 5.86. The second-order valence-corrected chi connectivity index (χ2v) is 8.04. The highest BCUT2D eigenvalue weighted by Crippen LogP contribution is 2.35. The number of amides is 1. The van der Waals surface area contributed by atoms with Crippen molar-refractivity contribution in [1.82, 2.24) is 14.9 Å². The first-order chi connectivity index (χ1) is 14.5. The maximum Gasteiger partial charge on any atom is 0.242 e. The number of imidazole rings is 1. The monoisotopic (exact) mass is 409 g/mol. The molecule has 30 heavy (non-hydrogen) atoms. The predicted molar refractivity (Wildman–Crippen MR) is 115 cm³/mol. The van der Waals surface area contributed by atoms with Gasteiger partial charge in [0.05, 0.1) is 11.0 Å². The van der Waals surface area contributed by atoms with Crippen LogP contribution in [0.25, 0.3) is 11.0 Å². The number of hydrogen-bond donors (Lipinski definition) is 1. The minimum Gasteiger partial charge on any atom is -0.381 e. The Hall–Kier alpha value is -2.73. The molecule has 158 valence electrons. The van der Waals surface area contributed by atoms with Crippen molar-refractivity contribution in [2.75, 3.05) is 19.8 Å². The second kappa shape index (κ2) is 8.56. The van der Waals surface area contributed by atoms with Gasteiger partial charge in [0, 0.05) is 31.6 Å². The number of halogens is 1. The zero-order valence-electron chi connectivity index (χ0n) is 17.5. The number of benzene rings is 2. The Morgan fingerprint density at radius 2 is 2.00 bits per heavy atom. The lowest BCUT2D eigenvalue weighted by Crippen LogP contribution is -2.46. The van der Waals surface area contributed by atoms with Crippen molar-refractivity contribution in [3.05, 3.63) is 65.7 Å². The van der Waals surface area contributed by atoms with Crippen LogP contribution in [0.15, 0.2) is 48.5 Å². The van der Waals surface area contributed by atoms with Crippen LogP contribution in [0.4, 0.5) is 4.39 Å². The number of nitrogens with one attached hydrogen (secondary N) is 1. The molecule has 1 fully saturated rings. The van der Waals surface area contributed by atoms with Crippen molar-refractivity contribution in [3.63, 3.8) is 0 Å². The minimum absolute atomic E-state index is 0.0601. The highest BCUT2D eigenvalue weighted by molar-refractivity contribution is 5.84. The molecule has 1 amide bonds. The van der Waals surface area contributed by atoms with Crippen molar-refractivity contribution in [2.45, 2.75) is 44.6 Å². The van der Waals surface area contributed by atoms with Gasteiger partial charge < -0.3 is 14.6 Å². The van der Waals surface area contributed by atoms with Crippen LogP contribution < -0.4 is 5.32 Å². The van der Waals surface area contributed by atoms with Gasteiger partial charge in [-0.15, -0.1) is 0 Å². The Balaban J connectivity index is 1.57. The van der Waals surface area contributed by atoms with Gasteiger partial charge in [0.15, 0.2) is 0 Å². The van der Waals surface area contributed by atoms with E-state index in [0.717, 1.165) is 41.7 Å². The van der Waals surface area contributed by atoms with E-state index in [4.69, 9.17) is 4.74 Å². The number of aromatic nitrogens is 2. The number of rotatable bonds is 6. The number of carbonyl (C=O) groups is 1. The Bertz CT molecular complexity index is 1040. The Labute approximate surface area is 176 Å². The number of para-hydroxylation sites is 2. The third kappa shape index (κ3) is 3.84. The van der Waals surface area contributed by atoms with Crippen LogP contribution in [0.5, 0.6) is 0 Å². The lowest BCUT2D eigenvalue weighted by molar-refractivity contribution is -0.124. The Morgan fingerprint density at radius 1 is 1.23 bits per heavy atom. The van der Waals surface area contributed by atoms with Gasteiger partial charge in [-0.2, -0.15) is 0 Å². The molecule has 1 aliphatic rings. The zero-order chi connectivity index (χ0) is 21.1. The standard InChI is InChI=1S/C24H28FN3O2/c1-3-22-27-20-9-4-5-10-21(20)28(22)17(2)23(29)26-16-24(11-13-30-14-12-24)18-7-6-8-19(25)15-18/h4-10,15,17H,3,11-14,16H2,1-2H3,(H,26,29)/t17-/m0/s1. The number of ether oxygens (including phenoxy) is 1. The second-order valence-electron chi connectivity index (χ2n) is 8.04. The van der Waals surface area contributed by atoms with Crippen LogP contribution in [-0.2, 0) is 21.4 Å². The summed E-state index contributed by atoms with van der Waals surface area (Å²) in [5, 5.41) is 3.15. The third-order valence-electron chi connectivity index (χ3n) is 6.24. The van der Waals surface area contributed by atoms with Crippen LogP contribution >= 0.6 is 0 Å². The summed E-state index contributed by atoms with van der Waals surface area (Å²) in [7, 11) is 0. The van der Waals surface area contributed by atoms with E-state index < -0.39 is 6.04 Å². The fourth-order valence-electron chi connectivity index (χ4n) is 4.45. The van der Waals surface area contributed by atoms with Crippen LogP contribution in [0.2, 0.25) is 0 Å². The normalized spacial score (nSPS) is 17.0. The van der Waals surface area contributed by atoms with Gasteiger partial charge in [0.2, 0.25) is 5.91 Å². The molecule has 5 nitrogen and oxygen atoms in total. The molecule has 3 aromatic rings. The van der Waals surface area contributed by atoms with Crippen molar-refractivity contribution < 1.29 is 13.9 Å². The molecule has 1 saturated heterocycles. The van der Waals surface area contributed by atoms with E-state index in [-0.39, 0.29) is 17.1 Å². The number of nitrogens with zero attached hydrogens (tertiary/aromatic N) is 2. The van der Waals surface area contributed by atoms with Gasteiger partial charge in [-0.25, -0.2) is 9.37 Å². The minimum atomic E-state index is -0.392. The summed E-state index contributed by atoms with van der Waals surface area (Å²) in [5.74, 6) is 0.579. The summed E-state index contributed by atoms with van der Waals surface area (Å²) in [5.41, 5.74) is 2.46. The molecule has 6 heteroatoms. The maximum absolute atomic E-state index is 13.9. The molecule has 1 aromatic heterocycles. The van der Waals surface area contributed by atoms with Crippen molar-refractivity contribution in [1.29, 1.82) is 0 Å². The molecule has 0 unspecified atom stereocenters. The molecule has 0 radical (unpaired) electrons. The van der Waals surface area contributed by atoms with Crippen LogP contribution in [0.1, 0.15) is 44.1 Å². The summed E-state index contributed by atoms with van der Waals surface area (Å²) in [6.07, 6.45) is 2.25. The van der Waals surface area contributed by atoms with Gasteiger partial charge in [0.25, 0.3) is 0 Å². The molecule has 2 heterocycles. The smallest absolute Gasteiger partial charge is 0.242 e. The molecule has 0 aliphatic carbocycles. The van der Waals surface area contributed by atoms with E-state index >= 15 is 0 Å². The SMILES string of the molecule is CCc1nc2ccccc2n1[C@@H](C)C(=O)NCC1(c2cccc(F)c2)CCOCC1. The van der Waals surface area contributed by atoms with E-state index in [1.54, 1.807) is 12.1 Å². The van der Waals surface area contributed by atoms with Crippen LogP contribution in [-0.4, -0.2) is 35.2 Å². The average molecular weight is 410 g/mol. The lowest BCUT2D eigenvalue weighted by atomic mass is 9.74. The molecule has 4 rings (SSSR count). The molecule has 0 saturated carbocycles. The highest BCUT2D eigenvalue weighted by atomic mass is 19.1. The quantitative estimate of drug-likeness (QED) is 0.665. The van der Waals surface area contributed by atoms with E-state index in [1.807, 2.05) is 48.7 Å². The summed E-state index contributed by atoms with van der Waals surface area (Å²) < 4.78 is 21.5. The molecule has 2 aromatic carbocycles. The number of carbonyl (C=O) groups excluding carboxylic acids is 1. The number of aryl methyl sites for hydroxylation is 1. The van der Waals surface area contributed by atoms with Crippen LogP contribution in [0.3, 0.4) is 0 Å². The van der Waals surface area contributed by atoms with Crippen molar-refractivity contribution in [3.8, 4) is 0 Å².